The lowest BCUT2D eigenvalue weighted by Gasteiger charge is -2.44. The summed E-state index contributed by atoms with van der Waals surface area (Å²) in [5, 5.41) is 0. The first-order valence-electron chi connectivity index (χ1n) is 21.8. The van der Waals surface area contributed by atoms with Gasteiger partial charge in [-0.1, -0.05) is 60.7 Å². The molecule has 0 saturated carbocycles. The molecule has 4 heterocycles. The Kier molecular flexibility index (Phi) is 17.7. The number of aromatic nitrogens is 4. The molecule has 6 atom stereocenters. The second kappa shape index (κ2) is 22.6. The molecule has 2 aliphatic heterocycles. The summed E-state index contributed by atoms with van der Waals surface area (Å²) in [5.74, 6) is -2.20. The summed E-state index contributed by atoms with van der Waals surface area (Å²) in [4.78, 5) is 77.6. The van der Waals surface area contributed by atoms with Gasteiger partial charge in [0, 0.05) is 65.1 Å². The maximum Gasteiger partial charge on any atom is 0.492 e. The molecule has 362 valence electrons. The molecule has 0 N–H and O–H groups in total. The molecule has 19 nitrogen and oxygen atoms in total. The van der Waals surface area contributed by atoms with Gasteiger partial charge in [-0.3, -0.25) is 28.3 Å². The lowest BCUT2D eigenvalue weighted by molar-refractivity contribution is -0.150. The highest BCUT2D eigenvalue weighted by Gasteiger charge is 2.56. The predicted octanol–water partition coefficient (Wildman–Crippen LogP) is 5.83. The van der Waals surface area contributed by atoms with Crippen LogP contribution in [0.1, 0.15) is 76.6 Å². The van der Waals surface area contributed by atoms with Gasteiger partial charge in [0.2, 0.25) is 11.8 Å². The van der Waals surface area contributed by atoms with E-state index >= 15 is 0 Å². The van der Waals surface area contributed by atoms with E-state index in [2.05, 4.69) is 73.5 Å². The normalized spacial score (nSPS) is 20.7. The average molecular weight is 981 g/mol. The van der Waals surface area contributed by atoms with Gasteiger partial charge in [0.05, 0.1) is 18.3 Å². The molecule has 67 heavy (non-hydrogen) atoms. The molecule has 6 rings (SSSR count). The summed E-state index contributed by atoms with van der Waals surface area (Å²) in [7, 11) is -8.30. The maximum absolute atomic E-state index is 12.9. The van der Waals surface area contributed by atoms with Crippen molar-refractivity contribution < 1.29 is 60.3 Å². The van der Waals surface area contributed by atoms with E-state index in [0.29, 0.717) is 6.42 Å². The third kappa shape index (κ3) is 15.3. The van der Waals surface area contributed by atoms with Crippen molar-refractivity contribution in [1.82, 2.24) is 19.1 Å². The van der Waals surface area contributed by atoms with E-state index in [4.69, 9.17) is 41.1 Å². The minimum absolute atomic E-state index is 0.0144. The average Bonchev–Trinajstić information content (AvgIpc) is 3.77. The number of carbonyl (C=O) groups excluding carboxylic acids is 4. The number of hydrogen-bond donors (Lipinski definition) is 0. The summed E-state index contributed by atoms with van der Waals surface area (Å²) in [6.07, 6.45) is -0.173. The van der Waals surface area contributed by atoms with Crippen LogP contribution in [0.5, 0.6) is 11.8 Å². The third-order valence-corrected chi connectivity index (χ3v) is 19.0. The monoisotopic (exact) mass is 980 g/mol. The Balaban J connectivity index is 0.000000333. The smallest absolute Gasteiger partial charge is 0.460 e. The van der Waals surface area contributed by atoms with Crippen molar-refractivity contribution in [2.75, 3.05) is 6.61 Å². The minimum atomic E-state index is -3.68. The van der Waals surface area contributed by atoms with Crippen LogP contribution in [0.25, 0.3) is 0 Å². The topological polar surface area (TPSA) is 221 Å². The Labute approximate surface area is 392 Å². The summed E-state index contributed by atoms with van der Waals surface area (Å²) >= 11 is 0. The minimum Gasteiger partial charge on any atom is -0.460 e. The molecule has 0 spiro atoms. The van der Waals surface area contributed by atoms with Crippen LogP contribution < -0.4 is 20.9 Å². The van der Waals surface area contributed by atoms with Crippen LogP contribution in [0.2, 0.25) is 39.3 Å². The Bertz CT molecular complexity index is 2410. The number of nitrogens with zero attached hydrogens (tertiary/aromatic N) is 4. The Hall–Kier alpha value is -5.47. The Morgan fingerprint density at radius 1 is 0.627 bits per heavy atom. The van der Waals surface area contributed by atoms with Crippen molar-refractivity contribution in [3.05, 3.63) is 117 Å². The van der Waals surface area contributed by atoms with Crippen LogP contribution >= 0.6 is 0 Å². The molecule has 2 aromatic carbocycles. The molecular weight excluding hydrogens is 921 g/mol. The third-order valence-electron chi connectivity index (χ3n) is 9.84. The van der Waals surface area contributed by atoms with E-state index in [-0.39, 0.29) is 36.4 Å². The summed E-state index contributed by atoms with van der Waals surface area (Å²) < 4.78 is 56.3. The first-order valence-corrected chi connectivity index (χ1v) is 30.4. The summed E-state index contributed by atoms with van der Waals surface area (Å²) in [6.45, 7) is 19.5. The standard InChI is InChI=1S/C32H44N2O9Si3.C13H16N2O6/c1-23(35)39-27-21-30(34-20-19-29(33-32(34)37)40-24(2)36)41-28(27)22-38-46(42-44(3,4)5,43-45(6,7)8)31(25-15-11-9-12-16-25)26-17-13-10-14-18-26;1-7-10(20-8(2)16)6-12(19-7)15-5-4-11(14-13(15)18)21-9(3)17/h9-20,27-28,30-31H,21-22H2,1-8H3;4-5,7,10,12H,6H2,1-3H3/t27-,28-,30-;7-,10-,12-/m11/s1. The Morgan fingerprint density at radius 3 is 1.45 bits per heavy atom. The zero-order valence-corrected chi connectivity index (χ0v) is 42.7. The van der Waals surface area contributed by atoms with Crippen molar-refractivity contribution in [3.63, 3.8) is 0 Å². The van der Waals surface area contributed by atoms with Crippen LogP contribution in [0, 0.1) is 0 Å². The lowest BCUT2D eigenvalue weighted by atomic mass is 10.0. The van der Waals surface area contributed by atoms with Gasteiger partial charge in [-0.05, 0) is 57.3 Å². The number of rotatable bonds is 16. The lowest BCUT2D eigenvalue weighted by Crippen LogP contribution is -2.61. The maximum atomic E-state index is 12.9. The summed E-state index contributed by atoms with van der Waals surface area (Å²) in [5.41, 5.74) is 0.383. The largest absolute Gasteiger partial charge is 0.492 e. The molecule has 4 aromatic rings. The van der Waals surface area contributed by atoms with Crippen LogP contribution in [-0.2, 0) is 50.8 Å². The number of benzene rings is 2. The molecule has 2 fully saturated rings. The molecule has 2 aliphatic rings. The summed E-state index contributed by atoms with van der Waals surface area (Å²) in [6, 6.07) is 23.0. The molecule has 0 bridgehead atoms. The van der Waals surface area contributed by atoms with Crippen molar-refractivity contribution in [3.8, 4) is 11.8 Å². The van der Waals surface area contributed by atoms with Gasteiger partial charge in [-0.15, -0.1) is 0 Å². The second-order valence-electron chi connectivity index (χ2n) is 17.9. The van der Waals surface area contributed by atoms with Crippen LogP contribution in [0.15, 0.2) is 94.8 Å². The first-order chi connectivity index (χ1) is 31.4. The van der Waals surface area contributed by atoms with Crippen molar-refractivity contribution in [2.45, 2.75) is 129 Å². The van der Waals surface area contributed by atoms with Crippen LogP contribution in [0.3, 0.4) is 0 Å². The second-order valence-corrected chi connectivity index (χ2v) is 30.0. The molecule has 0 amide bonds. The van der Waals surface area contributed by atoms with Crippen molar-refractivity contribution in [2.24, 2.45) is 0 Å². The Morgan fingerprint density at radius 2 is 1.04 bits per heavy atom. The highest BCUT2D eigenvalue weighted by Crippen LogP contribution is 2.41. The number of hydrogen-bond acceptors (Lipinski definition) is 17. The highest BCUT2D eigenvalue weighted by molar-refractivity contribution is 6.86. The van der Waals surface area contributed by atoms with Gasteiger partial charge in [0.1, 0.15) is 30.8 Å². The fourth-order valence-corrected chi connectivity index (χ4v) is 18.1. The molecule has 2 saturated heterocycles. The van der Waals surface area contributed by atoms with Crippen LogP contribution in [-0.4, -0.2) is 99.4 Å². The zero-order valence-electron chi connectivity index (χ0n) is 39.7. The fraction of sp³-hybridized carbons (Fsp3) is 0.467. The first kappa shape index (κ1) is 52.5. The molecule has 2 aromatic heterocycles. The van der Waals surface area contributed by atoms with E-state index in [1.54, 1.807) is 6.92 Å². The molecule has 0 aliphatic carbocycles. The van der Waals surface area contributed by atoms with Crippen molar-refractivity contribution >= 4 is 49.3 Å². The molecular formula is C45H60N4O15Si3. The van der Waals surface area contributed by atoms with E-state index in [1.165, 1.54) is 61.4 Å². The van der Waals surface area contributed by atoms with E-state index in [0.717, 1.165) is 11.1 Å². The molecule has 22 heteroatoms. The van der Waals surface area contributed by atoms with Crippen molar-refractivity contribution in [1.29, 1.82) is 0 Å². The van der Waals surface area contributed by atoms with Crippen LogP contribution in [0.4, 0.5) is 0 Å². The fourth-order valence-electron chi connectivity index (χ4n) is 7.54. The van der Waals surface area contributed by atoms with Gasteiger partial charge in [0.15, 0.2) is 16.6 Å². The molecule has 0 radical (unpaired) electrons. The quantitative estimate of drug-likeness (QED) is 0.0953. The van der Waals surface area contributed by atoms with Gasteiger partial charge in [0.25, 0.3) is 0 Å². The zero-order chi connectivity index (χ0) is 49.3. The molecule has 0 unspecified atom stereocenters. The van der Waals surface area contributed by atoms with Gasteiger partial charge in [-0.25, -0.2) is 9.59 Å². The highest BCUT2D eigenvalue weighted by atomic mass is 28.5. The van der Waals surface area contributed by atoms with Gasteiger partial charge >= 0.3 is 44.1 Å². The van der Waals surface area contributed by atoms with E-state index in [9.17, 15) is 28.8 Å². The number of carbonyl (C=O) groups is 4. The van der Waals surface area contributed by atoms with E-state index < -0.39 is 91.5 Å². The number of esters is 4. The van der Waals surface area contributed by atoms with Gasteiger partial charge < -0.3 is 41.1 Å². The van der Waals surface area contributed by atoms with E-state index in [1.807, 2.05) is 36.4 Å². The number of ether oxygens (including phenoxy) is 6. The van der Waals surface area contributed by atoms with Gasteiger partial charge in [-0.2, -0.15) is 9.97 Å². The SMILES string of the molecule is CC(=O)Oc1ccn([C@H]2C[C@@H](OC(C)=O)[C@@H](C)O2)c(=O)n1.CC(=O)Oc1ccn([C@H]2C[C@@H](OC(C)=O)[C@@H](CO[Si](O[Si](C)(C)C)(O[Si](C)(C)C)C(c3ccccc3)c3ccccc3)O2)c(=O)n1. The predicted molar refractivity (Wildman–Crippen MR) is 249 cm³/mol.